The molecule has 114 valence electrons. The number of aryl methyl sites for hydroxylation is 1. The van der Waals surface area contributed by atoms with Crippen molar-refractivity contribution in [1.29, 1.82) is 0 Å². The van der Waals surface area contributed by atoms with Crippen LogP contribution in [0.2, 0.25) is 0 Å². The molecule has 0 aliphatic heterocycles. The van der Waals surface area contributed by atoms with Crippen molar-refractivity contribution in [1.82, 2.24) is 19.9 Å². The number of imidazole rings is 1. The van der Waals surface area contributed by atoms with E-state index in [4.69, 9.17) is 0 Å². The van der Waals surface area contributed by atoms with Crippen molar-refractivity contribution in [3.63, 3.8) is 0 Å². The van der Waals surface area contributed by atoms with E-state index in [9.17, 15) is 0 Å². The van der Waals surface area contributed by atoms with Crippen LogP contribution in [-0.4, -0.2) is 27.0 Å². The van der Waals surface area contributed by atoms with Gasteiger partial charge in [0.1, 0.15) is 5.52 Å². The fourth-order valence-electron chi connectivity index (χ4n) is 2.92. The lowest BCUT2D eigenvalue weighted by Gasteiger charge is -2.15. The molecule has 1 aliphatic rings. The van der Waals surface area contributed by atoms with E-state index in [2.05, 4.69) is 54.8 Å². The molecular formula is C15H18N6S. The first kappa shape index (κ1) is 14.6. The second-order valence-electron chi connectivity index (χ2n) is 5.18. The minimum Gasteiger partial charge on any atom is -0.361 e. The zero-order valence-corrected chi connectivity index (χ0v) is 13.2. The van der Waals surface area contributed by atoms with Gasteiger partial charge in [0.2, 0.25) is 5.95 Å². The molecule has 0 unspecified atom stereocenters. The Bertz CT molecular complexity index is 800. The lowest BCUT2D eigenvalue weighted by molar-refractivity contribution is 0.758. The average Bonchev–Trinajstić information content (AvgIpc) is 3.14. The van der Waals surface area contributed by atoms with Crippen molar-refractivity contribution in [2.24, 2.45) is 0 Å². The molecular weight excluding hydrogens is 296 g/mol. The number of hydrogen-bond acceptors (Lipinski definition) is 5. The molecule has 2 aromatic heterocycles. The molecule has 3 N–H and O–H groups in total. The summed E-state index contributed by atoms with van der Waals surface area (Å²) in [5.41, 5.74) is 4.29. The highest BCUT2D eigenvalue weighted by molar-refractivity contribution is 7.59. The van der Waals surface area contributed by atoms with E-state index in [1.54, 1.807) is 6.33 Å². The standard InChI is InChI=1S/C15H16N6.H2S/c1-16-15-20-13-12(17-8-18-13)14(21-15)19-11-7-6-9-4-2-3-5-10(9)11;/h2-5,8,11H,6-7H2,1H3,(H3,16,17,18,19,20,21);1H2/t11-;/m0./s1. The maximum atomic E-state index is 4.52. The Morgan fingerprint density at radius 3 is 2.95 bits per heavy atom. The molecule has 4 rings (SSSR count). The van der Waals surface area contributed by atoms with Crippen LogP contribution in [-0.2, 0) is 6.42 Å². The van der Waals surface area contributed by atoms with E-state index in [0.29, 0.717) is 11.6 Å². The molecule has 1 aliphatic carbocycles. The van der Waals surface area contributed by atoms with E-state index in [1.165, 1.54) is 11.1 Å². The molecule has 22 heavy (non-hydrogen) atoms. The fraction of sp³-hybridized carbons (Fsp3) is 0.267. The summed E-state index contributed by atoms with van der Waals surface area (Å²) in [6.45, 7) is 0. The van der Waals surface area contributed by atoms with Gasteiger partial charge in [-0.3, -0.25) is 0 Å². The Morgan fingerprint density at radius 2 is 2.09 bits per heavy atom. The van der Waals surface area contributed by atoms with Gasteiger partial charge in [0.15, 0.2) is 11.5 Å². The number of nitrogens with zero attached hydrogens (tertiary/aromatic N) is 3. The van der Waals surface area contributed by atoms with Crippen molar-refractivity contribution in [2.75, 3.05) is 17.7 Å². The Kier molecular flexibility index (Phi) is 3.89. The van der Waals surface area contributed by atoms with Crippen molar-refractivity contribution >= 4 is 36.4 Å². The lowest BCUT2D eigenvalue weighted by atomic mass is 10.1. The summed E-state index contributed by atoms with van der Waals surface area (Å²) in [6.07, 6.45) is 3.82. The first-order valence-corrected chi connectivity index (χ1v) is 7.08. The Labute approximate surface area is 135 Å². The van der Waals surface area contributed by atoms with Crippen molar-refractivity contribution in [3.05, 3.63) is 41.7 Å². The molecule has 0 amide bonds. The van der Waals surface area contributed by atoms with Crippen LogP contribution >= 0.6 is 13.5 Å². The highest BCUT2D eigenvalue weighted by Crippen LogP contribution is 2.34. The molecule has 2 heterocycles. The third-order valence-electron chi connectivity index (χ3n) is 3.95. The molecule has 6 nitrogen and oxygen atoms in total. The third-order valence-corrected chi connectivity index (χ3v) is 3.95. The second-order valence-corrected chi connectivity index (χ2v) is 5.18. The van der Waals surface area contributed by atoms with Crippen LogP contribution in [0.1, 0.15) is 23.6 Å². The summed E-state index contributed by atoms with van der Waals surface area (Å²) in [6, 6.07) is 8.85. The molecule has 3 aromatic rings. The normalized spacial score (nSPS) is 16.1. The van der Waals surface area contributed by atoms with Crippen LogP contribution < -0.4 is 10.6 Å². The summed E-state index contributed by atoms with van der Waals surface area (Å²) in [4.78, 5) is 16.2. The van der Waals surface area contributed by atoms with Gasteiger partial charge in [-0.05, 0) is 24.0 Å². The van der Waals surface area contributed by atoms with Gasteiger partial charge in [-0.2, -0.15) is 23.5 Å². The topological polar surface area (TPSA) is 78.5 Å². The number of aromatic amines is 1. The number of aromatic nitrogens is 4. The van der Waals surface area contributed by atoms with Crippen molar-refractivity contribution in [3.8, 4) is 0 Å². The van der Waals surface area contributed by atoms with E-state index < -0.39 is 0 Å². The Morgan fingerprint density at radius 1 is 1.23 bits per heavy atom. The predicted octanol–water partition coefficient (Wildman–Crippen LogP) is 2.61. The van der Waals surface area contributed by atoms with E-state index in [-0.39, 0.29) is 19.5 Å². The summed E-state index contributed by atoms with van der Waals surface area (Å²) < 4.78 is 0. The molecule has 0 radical (unpaired) electrons. The zero-order chi connectivity index (χ0) is 14.2. The molecule has 0 saturated heterocycles. The van der Waals surface area contributed by atoms with Gasteiger partial charge in [-0.25, -0.2) is 4.98 Å². The SMILES string of the molecule is CNc1nc(N[C@H]2CCc3ccccc32)c2[nH]cnc2n1.S. The van der Waals surface area contributed by atoms with Gasteiger partial charge in [0.05, 0.1) is 12.4 Å². The first-order valence-electron chi connectivity index (χ1n) is 7.08. The molecule has 0 spiro atoms. The van der Waals surface area contributed by atoms with Gasteiger partial charge < -0.3 is 15.6 Å². The summed E-state index contributed by atoms with van der Waals surface area (Å²) in [7, 11) is 1.81. The number of rotatable bonds is 3. The molecule has 7 heteroatoms. The second kappa shape index (κ2) is 5.84. The molecule has 0 fully saturated rings. The zero-order valence-electron chi connectivity index (χ0n) is 12.2. The molecule has 0 saturated carbocycles. The van der Waals surface area contributed by atoms with Gasteiger partial charge in [-0.15, -0.1) is 0 Å². The van der Waals surface area contributed by atoms with Crippen LogP contribution in [0.15, 0.2) is 30.6 Å². The number of hydrogen-bond donors (Lipinski definition) is 3. The van der Waals surface area contributed by atoms with Gasteiger partial charge in [0, 0.05) is 7.05 Å². The first-order chi connectivity index (χ1) is 10.3. The number of anilines is 2. The maximum Gasteiger partial charge on any atom is 0.226 e. The Balaban J connectivity index is 0.00000144. The van der Waals surface area contributed by atoms with Crippen LogP contribution in [0.3, 0.4) is 0 Å². The molecule has 1 atom stereocenters. The van der Waals surface area contributed by atoms with Gasteiger partial charge in [-0.1, -0.05) is 24.3 Å². The van der Waals surface area contributed by atoms with Gasteiger partial charge >= 0.3 is 0 Å². The number of nitrogens with one attached hydrogen (secondary N) is 3. The van der Waals surface area contributed by atoms with Crippen LogP contribution in [0, 0.1) is 0 Å². The highest BCUT2D eigenvalue weighted by Gasteiger charge is 2.23. The molecule has 0 bridgehead atoms. The number of benzene rings is 1. The largest absolute Gasteiger partial charge is 0.361 e. The quantitative estimate of drug-likeness (QED) is 0.692. The summed E-state index contributed by atoms with van der Waals surface area (Å²) >= 11 is 0. The lowest BCUT2D eigenvalue weighted by Crippen LogP contribution is -2.10. The molecule has 1 aromatic carbocycles. The summed E-state index contributed by atoms with van der Waals surface area (Å²) in [5, 5.41) is 6.52. The minimum absolute atomic E-state index is 0. The van der Waals surface area contributed by atoms with E-state index in [1.807, 2.05) is 7.05 Å². The smallest absolute Gasteiger partial charge is 0.226 e. The monoisotopic (exact) mass is 314 g/mol. The van der Waals surface area contributed by atoms with Crippen molar-refractivity contribution in [2.45, 2.75) is 18.9 Å². The Hall–Kier alpha value is -2.28. The highest BCUT2D eigenvalue weighted by atomic mass is 32.1. The van der Waals surface area contributed by atoms with Crippen LogP contribution in [0.4, 0.5) is 11.8 Å². The van der Waals surface area contributed by atoms with Crippen molar-refractivity contribution < 1.29 is 0 Å². The number of fused-ring (bicyclic) bond motifs is 2. The summed E-state index contributed by atoms with van der Waals surface area (Å²) in [5.74, 6) is 1.37. The fourth-order valence-corrected chi connectivity index (χ4v) is 2.92. The van der Waals surface area contributed by atoms with Gasteiger partial charge in [0.25, 0.3) is 0 Å². The number of H-pyrrole nitrogens is 1. The third kappa shape index (κ3) is 2.37. The maximum absolute atomic E-state index is 4.52. The minimum atomic E-state index is 0. The van der Waals surface area contributed by atoms with Crippen LogP contribution in [0.25, 0.3) is 11.2 Å². The average molecular weight is 314 g/mol. The van der Waals surface area contributed by atoms with E-state index in [0.717, 1.165) is 24.2 Å². The predicted molar refractivity (Wildman–Crippen MR) is 92.7 cm³/mol. The van der Waals surface area contributed by atoms with Crippen LogP contribution in [0.5, 0.6) is 0 Å². The van der Waals surface area contributed by atoms with E-state index >= 15 is 0 Å².